The van der Waals surface area contributed by atoms with Crippen LogP contribution in [0.15, 0.2) is 12.2 Å². The van der Waals surface area contributed by atoms with E-state index in [2.05, 4.69) is 20.4 Å². The quantitative estimate of drug-likeness (QED) is 0.527. The summed E-state index contributed by atoms with van der Waals surface area (Å²) in [6, 6.07) is 0. The van der Waals surface area contributed by atoms with Gasteiger partial charge in [-0.3, -0.25) is 9.59 Å². The van der Waals surface area contributed by atoms with Gasteiger partial charge in [0.2, 0.25) is 0 Å². The smallest absolute Gasteiger partial charge is 0.303 e. The normalized spacial score (nSPS) is 50.2. The van der Waals surface area contributed by atoms with Gasteiger partial charge in [-0.2, -0.15) is 0 Å². The molecule has 2 bridgehead atoms. The zero-order valence-corrected chi connectivity index (χ0v) is 15.3. The van der Waals surface area contributed by atoms with Crippen molar-refractivity contribution in [1.82, 2.24) is 0 Å². The Kier molecular flexibility index (Phi) is 3.38. The molecule has 6 atom stereocenters. The average Bonchev–Trinajstić information content (AvgIpc) is 2.67. The van der Waals surface area contributed by atoms with E-state index in [1.54, 1.807) is 0 Å². The number of carbonyl (C=O) groups excluding carboxylic acids is 2. The molecule has 4 fully saturated rings. The topological polar surface area (TPSA) is 43.4 Å². The van der Waals surface area contributed by atoms with E-state index in [9.17, 15) is 9.59 Å². The average molecular weight is 330 g/mol. The molecule has 0 aromatic heterocycles. The van der Waals surface area contributed by atoms with Crippen LogP contribution in [0.1, 0.15) is 72.1 Å². The summed E-state index contributed by atoms with van der Waals surface area (Å²) in [5, 5.41) is 0. The van der Waals surface area contributed by atoms with Crippen molar-refractivity contribution in [3.63, 3.8) is 0 Å². The monoisotopic (exact) mass is 330 g/mol. The molecule has 0 aliphatic heterocycles. The van der Waals surface area contributed by atoms with Gasteiger partial charge in [-0.05, 0) is 81.1 Å². The Labute approximate surface area is 145 Å². The summed E-state index contributed by atoms with van der Waals surface area (Å²) in [6.45, 7) is 10.2. The van der Waals surface area contributed by atoms with Crippen LogP contribution >= 0.6 is 0 Å². The first-order valence-corrected chi connectivity index (χ1v) is 9.66. The van der Waals surface area contributed by atoms with E-state index in [0.29, 0.717) is 23.5 Å². The molecule has 0 radical (unpaired) electrons. The molecule has 0 N–H and O–H groups in total. The summed E-state index contributed by atoms with van der Waals surface area (Å²) in [5.74, 6) is 1.43. The summed E-state index contributed by atoms with van der Waals surface area (Å²) in [4.78, 5) is 24.8. The molecule has 3 heteroatoms. The van der Waals surface area contributed by atoms with Crippen molar-refractivity contribution in [2.24, 2.45) is 28.6 Å². The summed E-state index contributed by atoms with van der Waals surface area (Å²) >= 11 is 0. The van der Waals surface area contributed by atoms with E-state index in [-0.39, 0.29) is 22.4 Å². The second kappa shape index (κ2) is 4.95. The Balaban J connectivity index is 1.74. The fourth-order valence-corrected chi connectivity index (χ4v) is 7.50. The SMILES string of the molecule is C=C1C(=O)C23CCC4C(C)(OC(C)=O)CCCC4(C)C2CCC1C3. The summed E-state index contributed by atoms with van der Waals surface area (Å²) in [6.07, 6.45) is 8.44. The van der Waals surface area contributed by atoms with Crippen LogP contribution in [0.3, 0.4) is 0 Å². The largest absolute Gasteiger partial charge is 0.459 e. The predicted molar refractivity (Wildman–Crippen MR) is 92.3 cm³/mol. The molecule has 4 aliphatic carbocycles. The molecular formula is C21H30O3. The zero-order chi connectivity index (χ0) is 17.3. The van der Waals surface area contributed by atoms with E-state index in [0.717, 1.165) is 56.9 Å². The molecule has 1 spiro atoms. The van der Waals surface area contributed by atoms with Crippen LogP contribution < -0.4 is 0 Å². The Morgan fingerprint density at radius 1 is 1.12 bits per heavy atom. The maximum absolute atomic E-state index is 13.1. The van der Waals surface area contributed by atoms with E-state index >= 15 is 0 Å². The molecule has 132 valence electrons. The fraction of sp³-hybridized carbons (Fsp3) is 0.810. The van der Waals surface area contributed by atoms with E-state index in [4.69, 9.17) is 4.74 Å². The van der Waals surface area contributed by atoms with Gasteiger partial charge in [0.05, 0.1) is 0 Å². The van der Waals surface area contributed by atoms with Gasteiger partial charge in [0.25, 0.3) is 0 Å². The second-order valence-corrected chi connectivity index (χ2v) is 9.40. The van der Waals surface area contributed by atoms with Crippen molar-refractivity contribution in [3.8, 4) is 0 Å². The number of Topliss-reactive ketones (excluding diaryl/α,β-unsaturated/α-hetero) is 1. The number of ether oxygens (including phenoxy) is 1. The molecule has 4 saturated carbocycles. The first kappa shape index (κ1) is 16.4. The number of carbonyl (C=O) groups is 2. The maximum atomic E-state index is 13.1. The van der Waals surface area contributed by atoms with Gasteiger partial charge >= 0.3 is 5.97 Å². The van der Waals surface area contributed by atoms with E-state index in [1.165, 1.54) is 6.92 Å². The highest BCUT2D eigenvalue weighted by molar-refractivity contribution is 6.03. The summed E-state index contributed by atoms with van der Waals surface area (Å²) < 4.78 is 5.88. The molecule has 0 saturated heterocycles. The van der Waals surface area contributed by atoms with Crippen molar-refractivity contribution in [3.05, 3.63) is 12.2 Å². The van der Waals surface area contributed by atoms with Crippen LogP contribution in [0.2, 0.25) is 0 Å². The third-order valence-electron chi connectivity index (χ3n) is 8.29. The highest BCUT2D eigenvalue weighted by atomic mass is 16.6. The number of hydrogen-bond acceptors (Lipinski definition) is 3. The Morgan fingerprint density at radius 2 is 1.88 bits per heavy atom. The third-order valence-corrected chi connectivity index (χ3v) is 8.29. The second-order valence-electron chi connectivity index (χ2n) is 9.40. The van der Waals surface area contributed by atoms with Gasteiger partial charge in [-0.25, -0.2) is 0 Å². The third kappa shape index (κ3) is 1.90. The Hall–Kier alpha value is -1.12. The molecule has 4 aliphatic rings. The van der Waals surface area contributed by atoms with E-state index < -0.39 is 0 Å². The van der Waals surface area contributed by atoms with Crippen LogP contribution in [0, 0.1) is 28.6 Å². The molecule has 4 rings (SSSR count). The lowest BCUT2D eigenvalue weighted by Crippen LogP contribution is -2.61. The first-order valence-electron chi connectivity index (χ1n) is 9.66. The minimum Gasteiger partial charge on any atom is -0.459 e. The molecule has 0 amide bonds. The van der Waals surface area contributed by atoms with Gasteiger partial charge < -0.3 is 4.74 Å². The number of allylic oxidation sites excluding steroid dienone is 1. The molecule has 0 aromatic carbocycles. The first-order chi connectivity index (χ1) is 11.2. The summed E-state index contributed by atoms with van der Waals surface area (Å²) in [7, 11) is 0. The number of hydrogen-bond donors (Lipinski definition) is 0. The van der Waals surface area contributed by atoms with Crippen LogP contribution in [0.4, 0.5) is 0 Å². The lowest BCUT2D eigenvalue weighted by molar-refractivity contribution is -0.204. The van der Waals surface area contributed by atoms with Crippen molar-refractivity contribution in [2.75, 3.05) is 0 Å². The van der Waals surface area contributed by atoms with Crippen LogP contribution in [0.5, 0.6) is 0 Å². The zero-order valence-electron chi connectivity index (χ0n) is 15.3. The van der Waals surface area contributed by atoms with Crippen LogP contribution in [0.25, 0.3) is 0 Å². The lowest BCUT2D eigenvalue weighted by atomic mass is 9.42. The minimum absolute atomic E-state index is 0.103. The fourth-order valence-electron chi connectivity index (χ4n) is 7.50. The predicted octanol–water partition coefficient (Wildman–Crippen LogP) is 4.45. The molecule has 24 heavy (non-hydrogen) atoms. The molecule has 3 nitrogen and oxygen atoms in total. The van der Waals surface area contributed by atoms with Crippen molar-refractivity contribution in [1.29, 1.82) is 0 Å². The molecule has 0 heterocycles. The van der Waals surface area contributed by atoms with Crippen LogP contribution in [-0.2, 0) is 14.3 Å². The number of esters is 1. The Bertz CT molecular complexity index is 623. The number of fused-ring (bicyclic) bond motifs is 3. The lowest BCUT2D eigenvalue weighted by Gasteiger charge is -2.62. The Morgan fingerprint density at radius 3 is 2.58 bits per heavy atom. The van der Waals surface area contributed by atoms with Gasteiger partial charge in [-0.15, -0.1) is 0 Å². The standard InChI is InChI=1S/C21H30O3/c1-13-15-6-7-17-19(3)9-5-10-20(4,24-14(2)22)16(19)8-11-21(17,12-15)18(13)23/h15-17H,1,5-12H2,2-4H3. The molecular weight excluding hydrogens is 300 g/mol. The van der Waals surface area contributed by atoms with Gasteiger partial charge in [0.15, 0.2) is 5.78 Å². The van der Waals surface area contributed by atoms with Crippen molar-refractivity contribution in [2.45, 2.75) is 77.7 Å². The van der Waals surface area contributed by atoms with Gasteiger partial charge in [0, 0.05) is 18.3 Å². The van der Waals surface area contributed by atoms with Gasteiger partial charge in [0.1, 0.15) is 5.60 Å². The van der Waals surface area contributed by atoms with Crippen molar-refractivity contribution >= 4 is 11.8 Å². The van der Waals surface area contributed by atoms with Crippen LogP contribution in [-0.4, -0.2) is 17.4 Å². The number of rotatable bonds is 1. The minimum atomic E-state index is -0.365. The maximum Gasteiger partial charge on any atom is 0.303 e. The van der Waals surface area contributed by atoms with Crippen molar-refractivity contribution < 1.29 is 14.3 Å². The molecule has 0 aromatic rings. The highest BCUT2D eigenvalue weighted by Crippen LogP contribution is 2.70. The van der Waals surface area contributed by atoms with Gasteiger partial charge in [-0.1, -0.05) is 13.5 Å². The van der Waals surface area contributed by atoms with E-state index in [1.807, 2.05) is 0 Å². The molecule has 6 unspecified atom stereocenters. The summed E-state index contributed by atoms with van der Waals surface area (Å²) in [5.41, 5.74) is 0.486. The highest BCUT2D eigenvalue weighted by Gasteiger charge is 2.67. The number of ketones is 1.